The number of carbonyl (C=O) groups excluding carboxylic acids is 2. The summed E-state index contributed by atoms with van der Waals surface area (Å²) in [6.07, 6.45) is 2.40. The fourth-order valence-corrected chi connectivity index (χ4v) is 4.56. The number of nitrogens with two attached hydrogens (primary N) is 1. The highest BCUT2D eigenvalue weighted by molar-refractivity contribution is 6.00. The second kappa shape index (κ2) is 5.75. The maximum absolute atomic E-state index is 13.4. The molecule has 27 heavy (non-hydrogen) atoms. The Hall–Kier alpha value is -3.00. The summed E-state index contributed by atoms with van der Waals surface area (Å²) in [4.78, 5) is 37.7. The van der Waals surface area contributed by atoms with Crippen LogP contribution in [0.3, 0.4) is 0 Å². The first-order chi connectivity index (χ1) is 13.1. The van der Waals surface area contributed by atoms with Crippen LogP contribution in [0.1, 0.15) is 23.2 Å². The van der Waals surface area contributed by atoms with Crippen LogP contribution in [0, 0.1) is 0 Å². The van der Waals surface area contributed by atoms with Gasteiger partial charge in [0.25, 0.3) is 5.91 Å². The van der Waals surface area contributed by atoms with Crippen molar-refractivity contribution in [3.05, 3.63) is 42.1 Å². The van der Waals surface area contributed by atoms with Crippen molar-refractivity contribution < 1.29 is 14.3 Å². The summed E-state index contributed by atoms with van der Waals surface area (Å²) in [6.45, 7) is 1.65. The molecule has 2 aromatic rings. The highest BCUT2D eigenvalue weighted by Crippen LogP contribution is 2.46. The van der Waals surface area contributed by atoms with Crippen molar-refractivity contribution >= 4 is 17.8 Å². The minimum absolute atomic E-state index is 0.0480. The predicted octanol–water partition coefficient (Wildman–Crippen LogP) is 0.899. The number of hydrogen-bond acceptors (Lipinski definition) is 6. The molecule has 0 saturated carbocycles. The van der Waals surface area contributed by atoms with Crippen LogP contribution in [0.4, 0.5) is 5.95 Å². The van der Waals surface area contributed by atoms with Gasteiger partial charge in [-0.25, -0.2) is 9.97 Å². The standard InChI is InChI=1S/C19H19N5O3/c20-18-21-11-13(16(22-18)12-4-2-1-3-5-12)17(26)23-7-6-19-14(23)10-15(25)24(19)8-9-27-19/h1-5,11,14H,6-10H2,(H2,20,21,22)/t14-,19+/m1/s1. The number of ether oxygens (including phenoxy) is 1. The summed E-state index contributed by atoms with van der Waals surface area (Å²) in [7, 11) is 0. The molecule has 5 rings (SSSR count). The van der Waals surface area contributed by atoms with Crippen LogP contribution in [-0.2, 0) is 9.53 Å². The zero-order chi connectivity index (χ0) is 18.6. The second-order valence-corrected chi connectivity index (χ2v) is 7.06. The van der Waals surface area contributed by atoms with E-state index in [4.69, 9.17) is 10.5 Å². The minimum atomic E-state index is -0.658. The summed E-state index contributed by atoms with van der Waals surface area (Å²) in [5.74, 6) is -0.0302. The average molecular weight is 365 g/mol. The van der Waals surface area contributed by atoms with E-state index in [2.05, 4.69) is 9.97 Å². The summed E-state index contributed by atoms with van der Waals surface area (Å²) in [6, 6.07) is 9.14. The lowest BCUT2D eigenvalue weighted by molar-refractivity contribution is -0.136. The van der Waals surface area contributed by atoms with E-state index in [1.165, 1.54) is 6.20 Å². The Bertz CT molecular complexity index is 934. The molecular weight excluding hydrogens is 346 g/mol. The van der Waals surface area contributed by atoms with Gasteiger partial charge in [-0.3, -0.25) is 9.59 Å². The summed E-state index contributed by atoms with van der Waals surface area (Å²) in [5.41, 5.74) is 6.80. The van der Waals surface area contributed by atoms with Gasteiger partial charge < -0.3 is 20.3 Å². The van der Waals surface area contributed by atoms with E-state index in [1.54, 1.807) is 9.80 Å². The Labute approximate surface area is 155 Å². The second-order valence-electron chi connectivity index (χ2n) is 7.06. The molecular formula is C19H19N5O3. The number of anilines is 1. The van der Waals surface area contributed by atoms with Crippen molar-refractivity contribution in [1.82, 2.24) is 19.8 Å². The number of carbonyl (C=O) groups is 2. The average Bonchev–Trinajstić information content (AvgIpc) is 3.33. The molecule has 0 unspecified atom stereocenters. The number of nitrogens with zero attached hydrogens (tertiary/aromatic N) is 4. The van der Waals surface area contributed by atoms with Crippen LogP contribution < -0.4 is 5.73 Å². The third-order valence-corrected chi connectivity index (χ3v) is 5.75. The van der Waals surface area contributed by atoms with Crippen molar-refractivity contribution in [1.29, 1.82) is 0 Å². The van der Waals surface area contributed by atoms with Gasteiger partial charge in [0.05, 0.1) is 30.3 Å². The SMILES string of the molecule is Nc1ncc(C(=O)N2CC[C@@]34OCCN3C(=O)C[C@@H]24)c(-c2ccccc2)n1. The summed E-state index contributed by atoms with van der Waals surface area (Å²) >= 11 is 0. The van der Waals surface area contributed by atoms with Crippen molar-refractivity contribution in [3.8, 4) is 11.3 Å². The van der Waals surface area contributed by atoms with Crippen LogP contribution in [0.25, 0.3) is 11.3 Å². The Balaban J connectivity index is 1.53. The predicted molar refractivity (Wildman–Crippen MR) is 96.3 cm³/mol. The van der Waals surface area contributed by atoms with E-state index in [0.717, 1.165) is 5.56 Å². The van der Waals surface area contributed by atoms with Gasteiger partial charge in [0, 0.05) is 31.3 Å². The molecule has 3 aliphatic rings. The Morgan fingerprint density at radius 3 is 2.89 bits per heavy atom. The van der Waals surface area contributed by atoms with E-state index in [0.29, 0.717) is 43.8 Å². The molecule has 1 aromatic heterocycles. The Morgan fingerprint density at radius 1 is 1.26 bits per heavy atom. The maximum Gasteiger partial charge on any atom is 0.258 e. The normalized spacial score (nSPS) is 26.4. The smallest absolute Gasteiger partial charge is 0.258 e. The molecule has 8 nitrogen and oxygen atoms in total. The number of aromatic nitrogens is 2. The van der Waals surface area contributed by atoms with Gasteiger partial charge in [0.15, 0.2) is 5.72 Å². The number of benzene rings is 1. The molecule has 4 heterocycles. The molecule has 3 aliphatic heterocycles. The largest absolute Gasteiger partial charge is 0.368 e. The van der Waals surface area contributed by atoms with Crippen molar-refractivity contribution in [3.63, 3.8) is 0 Å². The lowest BCUT2D eigenvalue weighted by Crippen LogP contribution is -2.48. The first-order valence-corrected chi connectivity index (χ1v) is 9.03. The van der Waals surface area contributed by atoms with Crippen LogP contribution in [0.15, 0.2) is 36.5 Å². The molecule has 0 bridgehead atoms. The molecule has 1 spiro atoms. The molecule has 0 radical (unpaired) electrons. The van der Waals surface area contributed by atoms with Gasteiger partial charge in [-0.1, -0.05) is 30.3 Å². The molecule has 138 valence electrons. The third-order valence-electron chi connectivity index (χ3n) is 5.75. The van der Waals surface area contributed by atoms with E-state index in [1.807, 2.05) is 30.3 Å². The topological polar surface area (TPSA) is 102 Å². The fourth-order valence-electron chi connectivity index (χ4n) is 4.56. The highest BCUT2D eigenvalue weighted by Gasteiger charge is 2.63. The van der Waals surface area contributed by atoms with Crippen LogP contribution in [-0.4, -0.2) is 63.0 Å². The van der Waals surface area contributed by atoms with E-state index in [9.17, 15) is 9.59 Å². The third kappa shape index (κ3) is 2.26. The Morgan fingerprint density at radius 2 is 2.07 bits per heavy atom. The number of amides is 2. The molecule has 2 atom stereocenters. The Kier molecular flexibility index (Phi) is 3.45. The van der Waals surface area contributed by atoms with Gasteiger partial charge >= 0.3 is 0 Å². The van der Waals surface area contributed by atoms with Gasteiger partial charge in [-0.2, -0.15) is 0 Å². The molecule has 2 N–H and O–H groups in total. The zero-order valence-corrected chi connectivity index (χ0v) is 14.7. The van der Waals surface area contributed by atoms with Crippen molar-refractivity contribution in [2.24, 2.45) is 0 Å². The monoisotopic (exact) mass is 365 g/mol. The number of hydrogen-bond donors (Lipinski definition) is 1. The highest BCUT2D eigenvalue weighted by atomic mass is 16.5. The molecule has 3 saturated heterocycles. The number of rotatable bonds is 2. The van der Waals surface area contributed by atoms with E-state index in [-0.39, 0.29) is 23.8 Å². The lowest BCUT2D eigenvalue weighted by atomic mass is 10.0. The summed E-state index contributed by atoms with van der Waals surface area (Å²) < 4.78 is 5.97. The van der Waals surface area contributed by atoms with Gasteiger partial charge in [-0.05, 0) is 0 Å². The van der Waals surface area contributed by atoms with Crippen molar-refractivity contribution in [2.45, 2.75) is 24.6 Å². The van der Waals surface area contributed by atoms with Crippen LogP contribution in [0.2, 0.25) is 0 Å². The molecule has 2 amide bonds. The number of nitrogen functional groups attached to an aromatic ring is 1. The van der Waals surface area contributed by atoms with Gasteiger partial charge in [0.1, 0.15) is 0 Å². The quantitative estimate of drug-likeness (QED) is 0.848. The van der Waals surface area contributed by atoms with E-state index >= 15 is 0 Å². The molecule has 1 aromatic carbocycles. The lowest BCUT2D eigenvalue weighted by Gasteiger charge is -2.31. The fraction of sp³-hybridized carbons (Fsp3) is 0.368. The molecule has 8 heteroatoms. The van der Waals surface area contributed by atoms with Crippen LogP contribution in [0.5, 0.6) is 0 Å². The van der Waals surface area contributed by atoms with Gasteiger partial charge in [-0.15, -0.1) is 0 Å². The van der Waals surface area contributed by atoms with E-state index < -0.39 is 5.72 Å². The number of likely N-dealkylation sites (tertiary alicyclic amines) is 1. The minimum Gasteiger partial charge on any atom is -0.368 e. The summed E-state index contributed by atoms with van der Waals surface area (Å²) in [5, 5.41) is 0. The maximum atomic E-state index is 13.4. The van der Waals surface area contributed by atoms with Crippen LogP contribution >= 0.6 is 0 Å². The van der Waals surface area contributed by atoms with Crippen molar-refractivity contribution in [2.75, 3.05) is 25.4 Å². The molecule has 3 fully saturated rings. The first-order valence-electron chi connectivity index (χ1n) is 9.03. The molecule has 0 aliphatic carbocycles. The van der Waals surface area contributed by atoms with Gasteiger partial charge in [0.2, 0.25) is 11.9 Å². The first kappa shape index (κ1) is 16.2. The zero-order valence-electron chi connectivity index (χ0n) is 14.7.